The van der Waals surface area contributed by atoms with Gasteiger partial charge < -0.3 is 20.5 Å². The number of esters is 2. The molecule has 4 rings (SSSR count). The van der Waals surface area contributed by atoms with Crippen LogP contribution < -0.4 is 11.1 Å². The van der Waals surface area contributed by atoms with Gasteiger partial charge in [0.15, 0.2) is 21.7 Å². The predicted octanol–water partition coefficient (Wildman–Crippen LogP) is 5.09. The molecule has 0 aromatic carbocycles. The Bertz CT molecular complexity index is 1510. The summed E-state index contributed by atoms with van der Waals surface area (Å²) in [5.41, 5.74) is 9.13. The Morgan fingerprint density at radius 1 is 0.698 bits per heavy atom. The van der Waals surface area contributed by atoms with Gasteiger partial charge in [0.2, 0.25) is 11.9 Å². The molecule has 3 N–H and O–H groups in total. The van der Waals surface area contributed by atoms with E-state index < -0.39 is 11.9 Å². The third kappa shape index (κ3) is 11.9. The Morgan fingerprint density at radius 3 is 1.60 bits per heavy atom. The molecule has 0 atom stereocenters. The lowest BCUT2D eigenvalue weighted by Crippen LogP contribution is -2.12. The van der Waals surface area contributed by atoms with E-state index in [4.69, 9.17) is 45.3 Å². The molecule has 0 fully saturated rings. The number of carbonyl (C=O) groups excluding carboxylic acids is 2. The summed E-state index contributed by atoms with van der Waals surface area (Å²) in [5, 5.41) is 17.7. The van der Waals surface area contributed by atoms with E-state index in [1.165, 1.54) is 12.1 Å². The normalized spacial score (nSPS) is 9.98. The van der Waals surface area contributed by atoms with Crippen LogP contribution in [-0.2, 0) is 9.47 Å². The summed E-state index contributed by atoms with van der Waals surface area (Å²) in [4.78, 5) is 39.3. The first-order valence-corrected chi connectivity index (χ1v) is 13.7. The fraction of sp³-hybridized carbons (Fsp3) is 0.308. The van der Waals surface area contributed by atoms with Crippen molar-refractivity contribution >= 4 is 64.3 Å². The van der Waals surface area contributed by atoms with Crippen LogP contribution in [0.3, 0.4) is 0 Å². The lowest BCUT2D eigenvalue weighted by atomic mass is 10.3. The summed E-state index contributed by atoms with van der Waals surface area (Å²) < 4.78 is 9.61. The summed E-state index contributed by atoms with van der Waals surface area (Å²) in [6.07, 6.45) is 0. The van der Waals surface area contributed by atoms with Crippen LogP contribution >= 0.6 is 34.8 Å². The highest BCUT2D eigenvalue weighted by Gasteiger charge is 2.17. The van der Waals surface area contributed by atoms with Crippen molar-refractivity contribution in [1.82, 2.24) is 40.3 Å². The van der Waals surface area contributed by atoms with Gasteiger partial charge in [-0.25, -0.2) is 29.5 Å². The minimum absolute atomic E-state index is 0.0204. The Labute approximate surface area is 262 Å². The van der Waals surface area contributed by atoms with Crippen molar-refractivity contribution in [3.8, 4) is 0 Å². The van der Waals surface area contributed by atoms with Crippen molar-refractivity contribution in [2.24, 2.45) is 0 Å². The van der Waals surface area contributed by atoms with Gasteiger partial charge in [-0.2, -0.15) is 0 Å². The number of rotatable bonds is 6. The summed E-state index contributed by atoms with van der Waals surface area (Å²) in [7, 11) is 0. The van der Waals surface area contributed by atoms with Gasteiger partial charge in [-0.1, -0.05) is 34.8 Å². The Hall–Kier alpha value is -4.27. The molecule has 0 aliphatic rings. The molecule has 0 aliphatic heterocycles. The van der Waals surface area contributed by atoms with Gasteiger partial charge in [0, 0.05) is 28.8 Å². The molecule has 43 heavy (non-hydrogen) atoms. The second kappa shape index (κ2) is 17.0. The van der Waals surface area contributed by atoms with E-state index in [9.17, 15) is 9.59 Å². The Kier molecular flexibility index (Phi) is 13.8. The maximum absolute atomic E-state index is 11.9. The molecule has 0 saturated carbocycles. The predicted molar refractivity (Wildman–Crippen MR) is 162 cm³/mol. The zero-order valence-electron chi connectivity index (χ0n) is 24.1. The molecular weight excluding hydrogens is 623 g/mol. The van der Waals surface area contributed by atoms with Crippen LogP contribution in [0, 0.1) is 27.7 Å². The minimum atomic E-state index is -0.600. The van der Waals surface area contributed by atoms with E-state index in [-0.39, 0.29) is 39.9 Å². The van der Waals surface area contributed by atoms with Crippen LogP contribution in [-0.4, -0.2) is 65.5 Å². The summed E-state index contributed by atoms with van der Waals surface area (Å²) in [5.74, 6) is -0.486. The number of anilines is 3. The average molecular weight is 652 g/mol. The smallest absolute Gasteiger partial charge is 0.361 e. The zero-order valence-corrected chi connectivity index (χ0v) is 26.4. The van der Waals surface area contributed by atoms with Gasteiger partial charge >= 0.3 is 11.9 Å². The molecule has 0 bridgehead atoms. The van der Waals surface area contributed by atoms with Crippen LogP contribution in [0.2, 0.25) is 15.3 Å². The topological polar surface area (TPSA) is 194 Å². The number of nitrogens with two attached hydrogens (primary N) is 1. The molecular formula is C26H29Cl3N10O4. The Balaban J connectivity index is 0.000000249. The second-order valence-corrected chi connectivity index (χ2v) is 9.52. The van der Waals surface area contributed by atoms with E-state index in [2.05, 4.69) is 50.4 Å². The third-order valence-electron chi connectivity index (χ3n) is 4.65. The summed E-state index contributed by atoms with van der Waals surface area (Å²) in [6.45, 7) is 11.4. The van der Waals surface area contributed by atoms with Crippen molar-refractivity contribution < 1.29 is 19.1 Å². The molecule has 0 spiro atoms. The Morgan fingerprint density at radius 2 is 1.14 bits per heavy atom. The fourth-order valence-corrected chi connectivity index (χ4v) is 3.72. The van der Waals surface area contributed by atoms with Crippen LogP contribution in [0.4, 0.5) is 17.6 Å². The molecule has 17 heteroatoms. The largest absolute Gasteiger partial charge is 0.461 e. The number of hydrogen-bond acceptors (Lipinski definition) is 14. The second-order valence-electron chi connectivity index (χ2n) is 8.34. The van der Waals surface area contributed by atoms with Crippen molar-refractivity contribution in [3.63, 3.8) is 0 Å². The van der Waals surface area contributed by atoms with Crippen molar-refractivity contribution in [3.05, 3.63) is 73.8 Å². The lowest BCUT2D eigenvalue weighted by molar-refractivity contribution is 0.0509. The maximum Gasteiger partial charge on any atom is 0.361 e. The van der Waals surface area contributed by atoms with Gasteiger partial charge in [0.25, 0.3) is 0 Å². The van der Waals surface area contributed by atoms with Crippen molar-refractivity contribution in [2.75, 3.05) is 24.3 Å². The standard InChI is InChI=1S/C13H14ClN5O2.C7H6Cl2N2O2.C6H9N3/c1-4-21-12(20)11-9(6-10(14)18-19-11)17-13-15-7(2)5-8(3)16-13;1-2-13-7(12)6-4(8)3-5(9)10-11-6;1-4-3-5(2)9-6(7)8-4/h5-6H,4H2,1-3H3,(H,15,16,17,18);3H,2H2,1H3;3H,1-2H3,(H2,7,8,9). The number of hydrogen-bond donors (Lipinski definition) is 2. The molecule has 0 aliphatic carbocycles. The average Bonchev–Trinajstić information content (AvgIpc) is 2.88. The number of nitrogen functional groups attached to an aromatic ring is 1. The first kappa shape index (κ1) is 34.9. The molecule has 0 amide bonds. The number of ether oxygens (including phenoxy) is 2. The minimum Gasteiger partial charge on any atom is -0.461 e. The molecule has 14 nitrogen and oxygen atoms in total. The van der Waals surface area contributed by atoms with E-state index in [0.29, 0.717) is 17.6 Å². The number of nitrogens with zero attached hydrogens (tertiary/aromatic N) is 8. The molecule has 228 valence electrons. The highest BCUT2D eigenvalue weighted by Crippen LogP contribution is 2.21. The molecule has 0 saturated heterocycles. The van der Waals surface area contributed by atoms with Crippen LogP contribution in [0.15, 0.2) is 24.3 Å². The van der Waals surface area contributed by atoms with Gasteiger partial charge in [-0.15, -0.1) is 20.4 Å². The maximum atomic E-state index is 11.9. The fourth-order valence-electron chi connectivity index (χ4n) is 3.15. The zero-order chi connectivity index (χ0) is 32.1. The third-order valence-corrected chi connectivity index (χ3v) is 5.31. The first-order chi connectivity index (χ1) is 20.3. The molecule has 4 heterocycles. The lowest BCUT2D eigenvalue weighted by Gasteiger charge is -2.10. The first-order valence-electron chi connectivity index (χ1n) is 12.6. The van der Waals surface area contributed by atoms with Gasteiger partial charge in [0.1, 0.15) is 0 Å². The number of halogens is 3. The number of carbonyl (C=O) groups is 2. The van der Waals surface area contributed by atoms with Gasteiger partial charge in [-0.05, 0) is 59.7 Å². The summed E-state index contributed by atoms with van der Waals surface area (Å²) in [6, 6.07) is 6.54. The van der Waals surface area contributed by atoms with E-state index >= 15 is 0 Å². The quantitative estimate of drug-likeness (QED) is 0.262. The molecule has 4 aromatic heterocycles. The number of aryl methyl sites for hydroxylation is 4. The van der Waals surface area contributed by atoms with E-state index in [0.717, 1.165) is 22.8 Å². The SMILES string of the molecule is CCOC(=O)c1nnc(Cl)cc1Cl.CCOC(=O)c1nnc(Cl)cc1Nc1nc(C)cc(C)n1.Cc1cc(C)nc(N)n1. The van der Waals surface area contributed by atoms with Gasteiger partial charge in [-0.3, -0.25) is 0 Å². The van der Waals surface area contributed by atoms with E-state index in [1.54, 1.807) is 13.8 Å². The van der Waals surface area contributed by atoms with Crippen LogP contribution in [0.5, 0.6) is 0 Å². The monoisotopic (exact) mass is 650 g/mol. The highest BCUT2D eigenvalue weighted by molar-refractivity contribution is 6.35. The van der Waals surface area contributed by atoms with Crippen LogP contribution in [0.25, 0.3) is 0 Å². The highest BCUT2D eigenvalue weighted by atomic mass is 35.5. The van der Waals surface area contributed by atoms with E-state index in [1.807, 2.05) is 39.8 Å². The molecule has 0 unspecified atom stereocenters. The molecule has 4 aromatic rings. The van der Waals surface area contributed by atoms with Crippen LogP contribution in [0.1, 0.15) is 57.6 Å². The number of nitrogens with one attached hydrogen (secondary N) is 1. The van der Waals surface area contributed by atoms with Crippen molar-refractivity contribution in [2.45, 2.75) is 41.5 Å². The van der Waals surface area contributed by atoms with Crippen molar-refractivity contribution in [1.29, 1.82) is 0 Å². The van der Waals surface area contributed by atoms with Gasteiger partial charge in [0.05, 0.1) is 23.9 Å². The number of aromatic nitrogens is 8. The molecule has 0 radical (unpaired) electrons. The summed E-state index contributed by atoms with van der Waals surface area (Å²) >= 11 is 17.0.